The van der Waals surface area contributed by atoms with E-state index in [2.05, 4.69) is 15.5 Å². The Balaban J connectivity index is 1.49. The summed E-state index contributed by atoms with van der Waals surface area (Å²) in [6.07, 6.45) is 0. The molecule has 1 heterocycles. The normalized spacial score (nSPS) is 10.9. The van der Waals surface area contributed by atoms with Gasteiger partial charge >= 0.3 is 0 Å². The number of carbonyl (C=O) groups is 1. The fourth-order valence-electron chi connectivity index (χ4n) is 2.97. The van der Waals surface area contributed by atoms with E-state index >= 15 is 0 Å². The Morgan fingerprint density at radius 2 is 1.48 bits per heavy atom. The molecule has 0 fully saturated rings. The predicted octanol–water partition coefficient (Wildman–Crippen LogP) is 4.36. The number of hydrogen-bond acceptors (Lipinski definition) is 4. The zero-order valence-corrected chi connectivity index (χ0v) is 16.6. The third-order valence-corrected chi connectivity index (χ3v) is 4.66. The lowest BCUT2D eigenvalue weighted by molar-refractivity contribution is -0.118. The molecule has 6 nitrogen and oxygen atoms in total. The average molecular weight is 386 g/mol. The summed E-state index contributed by atoms with van der Waals surface area (Å²) in [6, 6.07) is 19.4. The van der Waals surface area contributed by atoms with Gasteiger partial charge in [0.25, 0.3) is 5.91 Å². The van der Waals surface area contributed by atoms with Crippen molar-refractivity contribution in [3.05, 3.63) is 77.4 Å². The van der Waals surface area contributed by atoms with Crippen LogP contribution >= 0.6 is 0 Å². The standard InChI is InChI=1S/C23H22N4O2/c1-15-4-8-18(9-5-15)27-25-21-12-17(3)20(13-22(21)26-27)24-23(28)14-29-19-10-6-16(2)7-11-19/h4-13H,14H2,1-3H3,(H,24,28). The van der Waals surface area contributed by atoms with Crippen LogP contribution in [-0.4, -0.2) is 27.5 Å². The van der Waals surface area contributed by atoms with Crippen molar-refractivity contribution in [3.8, 4) is 11.4 Å². The van der Waals surface area contributed by atoms with Gasteiger partial charge in [0.1, 0.15) is 16.8 Å². The van der Waals surface area contributed by atoms with Crippen molar-refractivity contribution >= 4 is 22.6 Å². The van der Waals surface area contributed by atoms with Crippen LogP contribution in [0.1, 0.15) is 16.7 Å². The van der Waals surface area contributed by atoms with E-state index in [1.807, 2.05) is 81.4 Å². The zero-order chi connectivity index (χ0) is 20.4. The van der Waals surface area contributed by atoms with E-state index in [9.17, 15) is 4.79 Å². The number of nitrogens with one attached hydrogen (secondary N) is 1. The lowest BCUT2D eigenvalue weighted by Crippen LogP contribution is -2.20. The van der Waals surface area contributed by atoms with Gasteiger partial charge in [-0.1, -0.05) is 35.4 Å². The average Bonchev–Trinajstić information content (AvgIpc) is 3.11. The van der Waals surface area contributed by atoms with Crippen LogP contribution < -0.4 is 10.1 Å². The molecular formula is C23H22N4O2. The van der Waals surface area contributed by atoms with Crippen LogP contribution in [0.25, 0.3) is 16.7 Å². The smallest absolute Gasteiger partial charge is 0.262 e. The third kappa shape index (κ3) is 4.27. The maximum absolute atomic E-state index is 12.3. The van der Waals surface area contributed by atoms with Gasteiger partial charge in [-0.2, -0.15) is 4.80 Å². The van der Waals surface area contributed by atoms with Crippen LogP contribution in [-0.2, 0) is 4.79 Å². The minimum Gasteiger partial charge on any atom is -0.484 e. The Labute approximate surface area is 169 Å². The van der Waals surface area contributed by atoms with Crippen molar-refractivity contribution < 1.29 is 9.53 Å². The quantitative estimate of drug-likeness (QED) is 0.553. The van der Waals surface area contributed by atoms with Crippen molar-refractivity contribution in [2.24, 2.45) is 0 Å². The van der Waals surface area contributed by atoms with E-state index in [1.54, 1.807) is 4.80 Å². The Kier molecular flexibility index (Phi) is 4.99. The summed E-state index contributed by atoms with van der Waals surface area (Å²) in [5, 5.41) is 12.0. The van der Waals surface area contributed by atoms with E-state index in [1.165, 1.54) is 5.56 Å². The first kappa shape index (κ1) is 18.7. The molecule has 1 N–H and O–H groups in total. The van der Waals surface area contributed by atoms with Crippen LogP contribution in [0.5, 0.6) is 5.75 Å². The Morgan fingerprint density at radius 1 is 0.897 bits per heavy atom. The van der Waals surface area contributed by atoms with Gasteiger partial charge in [-0.25, -0.2) is 0 Å². The number of amides is 1. The number of benzene rings is 3. The van der Waals surface area contributed by atoms with E-state index < -0.39 is 0 Å². The number of nitrogens with zero attached hydrogens (tertiary/aromatic N) is 3. The van der Waals surface area contributed by atoms with Crippen molar-refractivity contribution in [3.63, 3.8) is 0 Å². The highest BCUT2D eigenvalue weighted by Crippen LogP contribution is 2.22. The number of carbonyl (C=O) groups excluding carboxylic acids is 1. The number of hydrogen-bond donors (Lipinski definition) is 1. The molecule has 0 spiro atoms. The molecule has 6 heteroatoms. The summed E-state index contributed by atoms with van der Waals surface area (Å²) in [6.45, 7) is 5.92. The summed E-state index contributed by atoms with van der Waals surface area (Å²) in [7, 11) is 0. The second-order valence-corrected chi connectivity index (χ2v) is 7.13. The van der Waals surface area contributed by atoms with Crippen molar-refractivity contribution in [1.29, 1.82) is 0 Å². The van der Waals surface area contributed by atoms with Gasteiger partial charge < -0.3 is 10.1 Å². The van der Waals surface area contributed by atoms with Gasteiger partial charge in [-0.15, -0.1) is 10.2 Å². The molecule has 1 amide bonds. The van der Waals surface area contributed by atoms with Gasteiger partial charge in [0.05, 0.1) is 5.69 Å². The van der Waals surface area contributed by atoms with E-state index in [-0.39, 0.29) is 12.5 Å². The minimum absolute atomic E-state index is 0.0589. The molecule has 1 aromatic heterocycles. The number of anilines is 1. The zero-order valence-electron chi connectivity index (χ0n) is 16.6. The molecule has 0 radical (unpaired) electrons. The molecule has 146 valence electrons. The number of fused-ring (bicyclic) bond motifs is 1. The molecule has 0 aliphatic rings. The molecule has 0 bridgehead atoms. The largest absolute Gasteiger partial charge is 0.484 e. The van der Waals surface area contributed by atoms with Crippen LogP contribution in [0.2, 0.25) is 0 Å². The summed E-state index contributed by atoms with van der Waals surface area (Å²) in [4.78, 5) is 13.9. The molecule has 3 aromatic carbocycles. The fraction of sp³-hybridized carbons (Fsp3) is 0.174. The van der Waals surface area contributed by atoms with Gasteiger partial charge in [0.2, 0.25) is 0 Å². The molecule has 0 unspecified atom stereocenters. The summed E-state index contributed by atoms with van der Waals surface area (Å²) < 4.78 is 5.55. The first-order valence-corrected chi connectivity index (χ1v) is 9.42. The highest BCUT2D eigenvalue weighted by Gasteiger charge is 2.11. The SMILES string of the molecule is Cc1ccc(OCC(=O)Nc2cc3nn(-c4ccc(C)cc4)nc3cc2C)cc1. The van der Waals surface area contributed by atoms with Gasteiger partial charge in [-0.3, -0.25) is 4.79 Å². The van der Waals surface area contributed by atoms with Gasteiger partial charge in [0, 0.05) is 5.69 Å². The van der Waals surface area contributed by atoms with E-state index in [4.69, 9.17) is 4.74 Å². The maximum atomic E-state index is 12.3. The fourth-order valence-corrected chi connectivity index (χ4v) is 2.97. The Hall–Kier alpha value is -3.67. The predicted molar refractivity (Wildman–Crippen MR) is 114 cm³/mol. The molecule has 4 aromatic rings. The second-order valence-electron chi connectivity index (χ2n) is 7.13. The van der Waals surface area contributed by atoms with E-state index in [0.29, 0.717) is 17.0 Å². The number of aromatic nitrogens is 3. The Bertz CT molecular complexity index is 1160. The van der Waals surface area contributed by atoms with Crippen LogP contribution in [0.4, 0.5) is 5.69 Å². The number of ether oxygens (including phenoxy) is 1. The number of rotatable bonds is 5. The lowest BCUT2D eigenvalue weighted by atomic mass is 10.1. The topological polar surface area (TPSA) is 69.0 Å². The highest BCUT2D eigenvalue weighted by molar-refractivity contribution is 5.95. The molecule has 4 rings (SSSR count). The van der Waals surface area contributed by atoms with Crippen molar-refractivity contribution in [2.45, 2.75) is 20.8 Å². The summed E-state index contributed by atoms with van der Waals surface area (Å²) in [5.74, 6) is 0.443. The van der Waals surface area contributed by atoms with Crippen LogP contribution in [0.15, 0.2) is 60.7 Å². The maximum Gasteiger partial charge on any atom is 0.262 e. The molecule has 29 heavy (non-hydrogen) atoms. The van der Waals surface area contributed by atoms with Crippen molar-refractivity contribution in [2.75, 3.05) is 11.9 Å². The Morgan fingerprint density at radius 3 is 2.14 bits per heavy atom. The summed E-state index contributed by atoms with van der Waals surface area (Å²) >= 11 is 0. The molecule has 0 saturated heterocycles. The molecule has 0 aliphatic carbocycles. The van der Waals surface area contributed by atoms with Gasteiger partial charge in [0.15, 0.2) is 6.61 Å². The first-order chi connectivity index (χ1) is 14.0. The third-order valence-electron chi connectivity index (χ3n) is 4.66. The van der Waals surface area contributed by atoms with E-state index in [0.717, 1.165) is 22.3 Å². The first-order valence-electron chi connectivity index (χ1n) is 9.42. The second kappa shape index (κ2) is 7.75. The van der Waals surface area contributed by atoms with Crippen LogP contribution in [0.3, 0.4) is 0 Å². The summed E-state index contributed by atoms with van der Waals surface area (Å²) in [5.41, 5.74) is 6.32. The monoisotopic (exact) mass is 386 g/mol. The molecule has 0 atom stereocenters. The van der Waals surface area contributed by atoms with Gasteiger partial charge in [-0.05, 0) is 62.7 Å². The molecule has 0 saturated carbocycles. The number of aryl methyl sites for hydroxylation is 3. The van der Waals surface area contributed by atoms with Crippen LogP contribution in [0, 0.1) is 20.8 Å². The highest BCUT2D eigenvalue weighted by atomic mass is 16.5. The lowest BCUT2D eigenvalue weighted by Gasteiger charge is -2.09. The molecular weight excluding hydrogens is 364 g/mol. The van der Waals surface area contributed by atoms with Crippen molar-refractivity contribution in [1.82, 2.24) is 15.0 Å². The molecule has 0 aliphatic heterocycles. The minimum atomic E-state index is -0.223.